The van der Waals surface area contributed by atoms with Crippen LogP contribution >= 0.6 is 0 Å². The molecule has 0 amide bonds. The van der Waals surface area contributed by atoms with Crippen molar-refractivity contribution >= 4 is 42.0 Å². The fraction of sp³-hybridized carbons (Fsp3) is 0.207. The number of esters is 3. The number of phenolic OH excluding ortho intramolecular Hbond substituents is 4. The van der Waals surface area contributed by atoms with Gasteiger partial charge in [-0.2, -0.15) is 0 Å². The van der Waals surface area contributed by atoms with Crippen LogP contribution < -0.4 is 0 Å². The molecule has 15 nitrogen and oxygen atoms in total. The van der Waals surface area contributed by atoms with Gasteiger partial charge in [0.1, 0.15) is 18.3 Å². The molecule has 1 aliphatic carbocycles. The van der Waals surface area contributed by atoms with Crippen LogP contribution in [0.1, 0.15) is 24.0 Å². The van der Waals surface area contributed by atoms with Crippen molar-refractivity contribution in [3.8, 4) is 23.0 Å². The van der Waals surface area contributed by atoms with Gasteiger partial charge < -0.3 is 50.0 Å². The highest BCUT2D eigenvalue weighted by atomic mass is 16.6. The Morgan fingerprint density at radius 1 is 0.659 bits per heavy atom. The number of aliphatic hydroxyl groups excluding tert-OH is 1. The minimum atomic E-state index is -2.56. The van der Waals surface area contributed by atoms with E-state index in [4.69, 9.17) is 19.3 Å². The van der Waals surface area contributed by atoms with Gasteiger partial charge >= 0.3 is 29.8 Å². The number of carboxylic acids is 2. The molecule has 44 heavy (non-hydrogen) atoms. The summed E-state index contributed by atoms with van der Waals surface area (Å²) in [5, 5.41) is 67.7. The van der Waals surface area contributed by atoms with Crippen LogP contribution in [0.5, 0.6) is 23.0 Å². The summed E-state index contributed by atoms with van der Waals surface area (Å²) in [7, 11) is 0. The highest BCUT2D eigenvalue weighted by Gasteiger charge is 2.55. The number of benzene rings is 2. The first kappa shape index (κ1) is 32.7. The van der Waals surface area contributed by atoms with Gasteiger partial charge in [0.2, 0.25) is 5.60 Å². The SMILES string of the molecule is O=C(O)/C=C/C(=O)OC1(C(=O)O)C[C@@H](OC(=O)/C=C/c2ccc(O)c(O)c2)C(O)[C@H](OC(=O)/C=C/c2ccc(O)c(O)c2)C1. The minimum absolute atomic E-state index is 0.251. The van der Waals surface area contributed by atoms with E-state index in [1.54, 1.807) is 0 Å². The first-order valence-corrected chi connectivity index (χ1v) is 12.6. The average molecular weight is 615 g/mol. The zero-order valence-corrected chi connectivity index (χ0v) is 22.5. The lowest BCUT2D eigenvalue weighted by Crippen LogP contribution is -2.59. The van der Waals surface area contributed by atoms with E-state index < -0.39 is 89.6 Å². The lowest BCUT2D eigenvalue weighted by atomic mass is 9.79. The van der Waals surface area contributed by atoms with Crippen molar-refractivity contribution in [1.82, 2.24) is 0 Å². The minimum Gasteiger partial charge on any atom is -0.504 e. The molecule has 0 aromatic heterocycles. The van der Waals surface area contributed by atoms with Crippen molar-refractivity contribution in [1.29, 1.82) is 0 Å². The normalized spacial score (nSPS) is 21.7. The molecule has 0 bridgehead atoms. The molecule has 2 atom stereocenters. The summed E-state index contributed by atoms with van der Waals surface area (Å²) in [6.07, 6.45) is -2.09. The molecule has 1 saturated carbocycles. The Bertz CT molecular complexity index is 1450. The highest BCUT2D eigenvalue weighted by molar-refractivity contribution is 5.93. The lowest BCUT2D eigenvalue weighted by molar-refractivity contribution is -0.212. The van der Waals surface area contributed by atoms with E-state index in [-0.39, 0.29) is 11.1 Å². The molecular formula is C29H26O15. The number of aliphatic carboxylic acids is 2. The Morgan fingerprint density at radius 2 is 1.11 bits per heavy atom. The smallest absolute Gasteiger partial charge is 0.348 e. The maximum Gasteiger partial charge on any atom is 0.348 e. The fourth-order valence-corrected chi connectivity index (χ4v) is 4.10. The quantitative estimate of drug-likeness (QED) is 0.0859. The van der Waals surface area contributed by atoms with Crippen LogP contribution in [0, 0.1) is 0 Å². The van der Waals surface area contributed by atoms with E-state index in [1.807, 2.05) is 0 Å². The van der Waals surface area contributed by atoms with Crippen LogP contribution in [0.4, 0.5) is 0 Å². The van der Waals surface area contributed by atoms with Crippen LogP contribution in [0.25, 0.3) is 12.2 Å². The molecule has 15 heteroatoms. The van der Waals surface area contributed by atoms with Gasteiger partial charge in [-0.05, 0) is 47.5 Å². The van der Waals surface area contributed by atoms with E-state index in [0.29, 0.717) is 12.2 Å². The van der Waals surface area contributed by atoms with Gasteiger partial charge in [0.15, 0.2) is 23.0 Å². The standard InChI is InChI=1S/C29H26O15/c30-17-5-1-15(11-19(17)32)3-8-24(36)42-21-13-29(28(40)41,44-26(38)10-7-23(34)35)14-22(27(21)39)43-25(37)9-4-16-2-6-18(31)20(33)12-16/h1-12,21-22,27,30-33,39H,13-14H2,(H,34,35)(H,40,41)/b8-3+,9-4+,10-7+/t21-,22-,27?,29?/m1/s1. The number of carbonyl (C=O) groups excluding carboxylic acids is 3. The summed E-state index contributed by atoms with van der Waals surface area (Å²) in [6, 6.07) is 7.23. The van der Waals surface area contributed by atoms with Crippen LogP contribution in [0.15, 0.2) is 60.7 Å². The maximum absolute atomic E-state index is 12.6. The summed E-state index contributed by atoms with van der Waals surface area (Å²) in [5.41, 5.74) is -2.06. The molecule has 7 N–H and O–H groups in total. The van der Waals surface area contributed by atoms with Crippen molar-refractivity contribution in [2.75, 3.05) is 0 Å². The van der Waals surface area contributed by atoms with Crippen molar-refractivity contribution in [3.05, 3.63) is 71.8 Å². The molecule has 1 aliphatic rings. The summed E-state index contributed by atoms with van der Waals surface area (Å²) in [6.45, 7) is 0. The first-order chi connectivity index (χ1) is 20.7. The largest absolute Gasteiger partial charge is 0.504 e. The van der Waals surface area contributed by atoms with Crippen molar-refractivity contribution in [2.45, 2.75) is 36.8 Å². The van der Waals surface area contributed by atoms with Crippen molar-refractivity contribution in [3.63, 3.8) is 0 Å². The Morgan fingerprint density at radius 3 is 1.50 bits per heavy atom. The third-order valence-electron chi connectivity index (χ3n) is 6.23. The number of ether oxygens (including phenoxy) is 3. The molecule has 0 radical (unpaired) electrons. The van der Waals surface area contributed by atoms with E-state index in [0.717, 1.165) is 36.4 Å². The molecule has 0 saturated heterocycles. The number of hydrogen-bond donors (Lipinski definition) is 7. The third-order valence-corrected chi connectivity index (χ3v) is 6.23. The van der Waals surface area contributed by atoms with E-state index in [9.17, 15) is 54.6 Å². The molecule has 0 spiro atoms. The van der Waals surface area contributed by atoms with E-state index >= 15 is 0 Å². The van der Waals surface area contributed by atoms with Gasteiger partial charge in [0.25, 0.3) is 0 Å². The van der Waals surface area contributed by atoms with E-state index in [2.05, 4.69) is 0 Å². The second-order valence-corrected chi connectivity index (χ2v) is 9.40. The monoisotopic (exact) mass is 614 g/mol. The Hall–Kier alpha value is -5.83. The van der Waals surface area contributed by atoms with Gasteiger partial charge in [-0.25, -0.2) is 24.0 Å². The summed E-state index contributed by atoms with van der Waals surface area (Å²) in [5.74, 6) is -8.76. The molecule has 2 aromatic rings. The highest BCUT2D eigenvalue weighted by Crippen LogP contribution is 2.37. The number of aliphatic hydroxyl groups is 1. The first-order valence-electron chi connectivity index (χ1n) is 12.6. The molecule has 0 aliphatic heterocycles. The molecule has 232 valence electrons. The molecular weight excluding hydrogens is 588 g/mol. The number of rotatable bonds is 10. The van der Waals surface area contributed by atoms with Crippen LogP contribution in [0.2, 0.25) is 0 Å². The van der Waals surface area contributed by atoms with Crippen molar-refractivity contribution < 1.29 is 73.9 Å². The number of phenols is 4. The zero-order valence-electron chi connectivity index (χ0n) is 22.5. The topological polar surface area (TPSA) is 255 Å². The van der Waals surface area contributed by atoms with Crippen LogP contribution in [-0.4, -0.2) is 89.5 Å². The number of aromatic hydroxyl groups is 4. The second kappa shape index (κ2) is 13.9. The zero-order chi connectivity index (χ0) is 32.6. The predicted molar refractivity (Wildman–Crippen MR) is 146 cm³/mol. The molecule has 1 fully saturated rings. The van der Waals surface area contributed by atoms with Gasteiger partial charge in [0, 0.05) is 37.1 Å². The van der Waals surface area contributed by atoms with Gasteiger partial charge in [-0.1, -0.05) is 12.1 Å². The molecule has 0 heterocycles. The van der Waals surface area contributed by atoms with Crippen LogP contribution in [-0.2, 0) is 38.2 Å². The van der Waals surface area contributed by atoms with Crippen LogP contribution in [0.3, 0.4) is 0 Å². The van der Waals surface area contributed by atoms with E-state index in [1.165, 1.54) is 24.3 Å². The summed E-state index contributed by atoms with van der Waals surface area (Å²) < 4.78 is 15.5. The maximum atomic E-state index is 12.6. The third kappa shape index (κ3) is 8.59. The Labute approximate surface area is 247 Å². The predicted octanol–water partition coefficient (Wildman–Crippen LogP) is 1.22. The average Bonchev–Trinajstić information content (AvgIpc) is 2.95. The summed E-state index contributed by atoms with van der Waals surface area (Å²) >= 11 is 0. The molecule has 3 rings (SSSR count). The van der Waals surface area contributed by atoms with Crippen molar-refractivity contribution in [2.24, 2.45) is 0 Å². The Balaban J connectivity index is 1.86. The second-order valence-electron chi connectivity index (χ2n) is 9.40. The number of carbonyl (C=O) groups is 5. The van der Waals surface area contributed by atoms with Gasteiger partial charge in [-0.3, -0.25) is 0 Å². The van der Waals surface area contributed by atoms with Gasteiger partial charge in [-0.15, -0.1) is 0 Å². The number of hydrogen-bond acceptors (Lipinski definition) is 13. The molecule has 2 aromatic carbocycles. The molecule has 0 unspecified atom stereocenters. The Kier molecular flexibility index (Phi) is 10.3. The lowest BCUT2D eigenvalue weighted by Gasteiger charge is -2.42. The number of carboxylic acid groups (broad SMARTS) is 2. The summed E-state index contributed by atoms with van der Waals surface area (Å²) in [4.78, 5) is 60.6. The van der Waals surface area contributed by atoms with Gasteiger partial charge in [0.05, 0.1) is 0 Å². The fourth-order valence-electron chi connectivity index (χ4n) is 4.10.